The number of anilines is 4. The van der Waals surface area contributed by atoms with Crippen molar-refractivity contribution in [2.24, 2.45) is 0 Å². The summed E-state index contributed by atoms with van der Waals surface area (Å²) < 4.78 is 83.4. The predicted octanol–water partition coefficient (Wildman–Crippen LogP) is 13.9. The molecule has 9 rings (SSSR count). The molecule has 2 aromatic heterocycles. The van der Waals surface area contributed by atoms with Gasteiger partial charge in [0.15, 0.2) is 23.3 Å². The molecule has 0 bridgehead atoms. The molecule has 3 heterocycles. The smallest absolute Gasteiger partial charge is 0.200 e. The minimum atomic E-state index is -2.22. The number of fused-ring (bicyclic) bond motifs is 4. The molecule has 0 N–H and O–H groups in total. The SMILES string of the molecule is CC(C)(C)c1ccnc(-n2c3[c-]c(Oc4[c-]c(N5[CH-]N(c6c(-c7c(F)c(F)c(F)c(F)c7F)cccc6C(C)(C)C)c6ccccc65)ccc4)ccc3c3ccccc32)c1.[Pt]. The van der Waals surface area contributed by atoms with Gasteiger partial charge in [0.25, 0.3) is 0 Å². The largest absolute Gasteiger partial charge is 0.509 e. The summed E-state index contributed by atoms with van der Waals surface area (Å²) in [4.78, 5) is 8.32. The summed E-state index contributed by atoms with van der Waals surface area (Å²) in [6.45, 7) is 14.0. The zero-order chi connectivity index (χ0) is 42.2. The molecular weight excluding hydrogens is 963 g/mol. The van der Waals surface area contributed by atoms with E-state index in [4.69, 9.17) is 9.72 Å². The third-order valence-electron chi connectivity index (χ3n) is 10.8. The third-order valence-corrected chi connectivity index (χ3v) is 10.8. The van der Waals surface area contributed by atoms with Crippen LogP contribution in [0.15, 0.2) is 115 Å². The van der Waals surface area contributed by atoms with Crippen LogP contribution in [0.25, 0.3) is 38.8 Å². The van der Waals surface area contributed by atoms with Crippen LogP contribution in [-0.2, 0) is 31.9 Å². The number of aromatic nitrogens is 2. The molecule has 0 amide bonds. The molecule has 5 nitrogen and oxygen atoms in total. The number of para-hydroxylation sites is 4. The van der Waals surface area contributed by atoms with Gasteiger partial charge in [-0.1, -0.05) is 95.6 Å². The van der Waals surface area contributed by atoms with Crippen LogP contribution >= 0.6 is 0 Å². The molecule has 11 heteroatoms. The topological polar surface area (TPSA) is 33.5 Å². The summed E-state index contributed by atoms with van der Waals surface area (Å²) in [5, 5.41) is 2.04. The van der Waals surface area contributed by atoms with Crippen molar-refractivity contribution in [1.29, 1.82) is 0 Å². The first-order chi connectivity index (χ1) is 28.6. The van der Waals surface area contributed by atoms with Gasteiger partial charge in [-0.05, 0) is 57.7 Å². The standard InChI is InChI=1S/C50H38F5N4O.Pt/c1-49(2,3)29-23-24-56-41(25-29)59-37-18-8-7-15-33(37)34-22-21-32(27-40(34)59)60-31-14-11-13-30(26-31)57-28-58(39-20-10-9-19-38(39)57)48-35(16-12-17-36(48)50(4,5)6)42-43(51)45(53)47(55)46(54)44(42)52;/h7-25,28H,1-6H3;/q-3;. The van der Waals surface area contributed by atoms with Crippen LogP contribution in [0.4, 0.5) is 44.7 Å². The molecule has 0 saturated heterocycles. The average molecular weight is 1000 g/mol. The predicted molar refractivity (Wildman–Crippen MR) is 227 cm³/mol. The Morgan fingerprint density at radius 3 is 1.95 bits per heavy atom. The molecule has 312 valence electrons. The van der Waals surface area contributed by atoms with E-state index in [-0.39, 0.29) is 37.7 Å². The summed E-state index contributed by atoms with van der Waals surface area (Å²) in [5.74, 6) is -8.46. The van der Waals surface area contributed by atoms with E-state index in [2.05, 4.69) is 55.7 Å². The Morgan fingerprint density at radius 2 is 1.25 bits per heavy atom. The maximum Gasteiger partial charge on any atom is 0.200 e. The number of ether oxygens (including phenoxy) is 1. The fourth-order valence-electron chi connectivity index (χ4n) is 7.87. The molecule has 0 unspecified atom stereocenters. The third kappa shape index (κ3) is 7.14. The number of halogens is 5. The van der Waals surface area contributed by atoms with E-state index in [0.717, 1.165) is 33.2 Å². The molecule has 0 radical (unpaired) electrons. The van der Waals surface area contributed by atoms with Crippen molar-refractivity contribution < 1.29 is 47.8 Å². The summed E-state index contributed by atoms with van der Waals surface area (Å²) in [5.41, 5.74) is 3.76. The van der Waals surface area contributed by atoms with Crippen molar-refractivity contribution in [3.8, 4) is 28.4 Å². The van der Waals surface area contributed by atoms with E-state index < -0.39 is 40.1 Å². The van der Waals surface area contributed by atoms with Crippen molar-refractivity contribution in [3.05, 3.63) is 174 Å². The van der Waals surface area contributed by atoms with Crippen molar-refractivity contribution in [2.45, 2.75) is 52.4 Å². The maximum atomic E-state index is 15.6. The fraction of sp³-hybridized carbons (Fsp3) is 0.160. The van der Waals surface area contributed by atoms with Gasteiger partial charge in [-0.25, -0.2) is 26.9 Å². The number of benzene rings is 6. The molecule has 61 heavy (non-hydrogen) atoms. The maximum absolute atomic E-state index is 15.6. The van der Waals surface area contributed by atoms with E-state index in [9.17, 15) is 13.2 Å². The van der Waals surface area contributed by atoms with Crippen molar-refractivity contribution >= 4 is 44.6 Å². The van der Waals surface area contributed by atoms with Gasteiger partial charge in [0.1, 0.15) is 5.82 Å². The van der Waals surface area contributed by atoms with E-state index >= 15 is 8.78 Å². The van der Waals surface area contributed by atoms with E-state index in [1.165, 1.54) is 6.07 Å². The van der Waals surface area contributed by atoms with Gasteiger partial charge in [0.2, 0.25) is 5.82 Å². The second-order valence-electron chi connectivity index (χ2n) is 16.8. The Morgan fingerprint density at radius 1 is 0.607 bits per heavy atom. The van der Waals surface area contributed by atoms with Crippen LogP contribution in [0.3, 0.4) is 0 Å². The molecule has 8 aromatic rings. The normalized spacial score (nSPS) is 12.9. The molecule has 6 aromatic carbocycles. The zero-order valence-electron chi connectivity index (χ0n) is 34.0. The van der Waals surface area contributed by atoms with Crippen molar-refractivity contribution in [2.75, 3.05) is 9.80 Å². The molecular formula is C50H38F5N4OPt-3. The Balaban J connectivity index is 0.00000514. The van der Waals surface area contributed by atoms with Crippen LogP contribution in [0.1, 0.15) is 52.7 Å². The molecule has 0 fully saturated rings. The van der Waals surface area contributed by atoms with Crippen LogP contribution in [0, 0.1) is 47.9 Å². The molecule has 0 aliphatic carbocycles. The number of rotatable bonds is 6. The molecule has 1 aliphatic rings. The number of hydrogen-bond donors (Lipinski definition) is 0. The summed E-state index contributed by atoms with van der Waals surface area (Å²) >= 11 is 0. The summed E-state index contributed by atoms with van der Waals surface area (Å²) in [6, 6.07) is 40.5. The van der Waals surface area contributed by atoms with Gasteiger partial charge >= 0.3 is 0 Å². The van der Waals surface area contributed by atoms with E-state index in [0.29, 0.717) is 34.1 Å². The number of pyridine rings is 1. The Bertz CT molecular complexity index is 2980. The summed E-state index contributed by atoms with van der Waals surface area (Å²) in [6.07, 6.45) is 1.83. The average Bonchev–Trinajstić information content (AvgIpc) is 3.78. The van der Waals surface area contributed by atoms with Crippen LogP contribution in [0.5, 0.6) is 11.5 Å². The van der Waals surface area contributed by atoms with Crippen LogP contribution < -0.4 is 14.5 Å². The van der Waals surface area contributed by atoms with Gasteiger partial charge in [-0.15, -0.1) is 48.1 Å². The molecule has 1 aliphatic heterocycles. The van der Waals surface area contributed by atoms with Gasteiger partial charge in [-0.3, -0.25) is 0 Å². The minimum absolute atomic E-state index is 0. The van der Waals surface area contributed by atoms with Crippen LogP contribution in [0.2, 0.25) is 0 Å². The van der Waals surface area contributed by atoms with Crippen molar-refractivity contribution in [1.82, 2.24) is 9.55 Å². The molecule has 0 atom stereocenters. The van der Waals surface area contributed by atoms with E-state index in [1.54, 1.807) is 29.8 Å². The summed E-state index contributed by atoms with van der Waals surface area (Å²) in [7, 11) is 0. The van der Waals surface area contributed by atoms with Gasteiger partial charge < -0.3 is 19.1 Å². The molecule has 0 saturated carbocycles. The first-order valence-corrected chi connectivity index (χ1v) is 19.4. The van der Waals surface area contributed by atoms with Crippen molar-refractivity contribution in [3.63, 3.8) is 0 Å². The van der Waals surface area contributed by atoms with Gasteiger partial charge in [-0.2, -0.15) is 12.1 Å². The first-order valence-electron chi connectivity index (χ1n) is 19.4. The second kappa shape index (κ2) is 15.5. The van der Waals surface area contributed by atoms with E-state index in [1.807, 2.05) is 98.6 Å². The van der Waals surface area contributed by atoms with Gasteiger partial charge in [0, 0.05) is 66.9 Å². The fourth-order valence-corrected chi connectivity index (χ4v) is 7.87. The Labute approximate surface area is 365 Å². The number of hydrogen-bond acceptors (Lipinski definition) is 4. The number of nitrogens with zero attached hydrogens (tertiary/aromatic N) is 4. The molecule has 0 spiro atoms. The monoisotopic (exact) mass is 1000 g/mol. The minimum Gasteiger partial charge on any atom is -0.509 e. The quantitative estimate of drug-likeness (QED) is 0.0719. The Hall–Kier alpha value is -5.99. The van der Waals surface area contributed by atoms with Gasteiger partial charge in [0.05, 0.1) is 5.56 Å². The van der Waals surface area contributed by atoms with Crippen LogP contribution in [-0.4, -0.2) is 9.55 Å². The zero-order valence-corrected chi connectivity index (χ0v) is 36.2. The first kappa shape index (κ1) is 41.7. The Kier molecular flexibility index (Phi) is 10.6. The second-order valence-corrected chi connectivity index (χ2v) is 16.8.